The smallest absolute Gasteiger partial charge is 0.371 e. The lowest BCUT2D eigenvalue weighted by Crippen LogP contribution is -2.15. The molecule has 2 nitrogen and oxygen atoms in total. The molecule has 0 bridgehead atoms. The standard InChI is InChI=1S/C12H12BrF3O2/c1-7(2)18-6-11(17)8-3-4-10(13)9(5-8)12(14,15)16/h3-5,7H,6H2,1-2H3. The fourth-order valence-corrected chi connectivity index (χ4v) is 1.71. The van der Waals surface area contributed by atoms with Crippen LogP contribution >= 0.6 is 15.9 Å². The van der Waals surface area contributed by atoms with Crippen LogP contribution < -0.4 is 0 Å². The molecule has 0 saturated heterocycles. The van der Waals surface area contributed by atoms with Crippen LogP contribution in [0.2, 0.25) is 0 Å². The van der Waals surface area contributed by atoms with E-state index >= 15 is 0 Å². The molecule has 0 unspecified atom stereocenters. The molecule has 0 aliphatic carbocycles. The Bertz CT molecular complexity index is 441. The molecule has 1 aromatic carbocycles. The largest absolute Gasteiger partial charge is 0.417 e. The predicted molar refractivity (Wildman–Crippen MR) is 64.6 cm³/mol. The molecule has 0 spiro atoms. The van der Waals surface area contributed by atoms with Crippen molar-refractivity contribution in [1.29, 1.82) is 0 Å². The Kier molecular flexibility index (Phi) is 4.92. The highest BCUT2D eigenvalue weighted by Gasteiger charge is 2.33. The van der Waals surface area contributed by atoms with Crippen molar-refractivity contribution in [1.82, 2.24) is 0 Å². The molecule has 0 atom stereocenters. The van der Waals surface area contributed by atoms with E-state index in [1.807, 2.05) is 0 Å². The molecule has 0 aliphatic rings. The van der Waals surface area contributed by atoms with Crippen LogP contribution in [-0.4, -0.2) is 18.5 Å². The number of carbonyl (C=O) groups is 1. The van der Waals surface area contributed by atoms with Crippen LogP contribution in [0, 0.1) is 0 Å². The number of carbonyl (C=O) groups excluding carboxylic acids is 1. The van der Waals surface area contributed by atoms with Gasteiger partial charge in [0.25, 0.3) is 0 Å². The molecule has 0 aliphatic heterocycles. The molecule has 0 saturated carbocycles. The molecule has 0 fully saturated rings. The third-order valence-electron chi connectivity index (χ3n) is 2.14. The van der Waals surface area contributed by atoms with E-state index < -0.39 is 17.5 Å². The summed E-state index contributed by atoms with van der Waals surface area (Å²) in [5.41, 5.74) is -0.871. The average Bonchev–Trinajstić information content (AvgIpc) is 2.24. The van der Waals surface area contributed by atoms with Gasteiger partial charge < -0.3 is 4.74 Å². The van der Waals surface area contributed by atoms with Crippen LogP contribution in [0.15, 0.2) is 22.7 Å². The van der Waals surface area contributed by atoms with Gasteiger partial charge in [-0.15, -0.1) is 0 Å². The molecule has 1 rings (SSSR count). The first kappa shape index (κ1) is 15.2. The van der Waals surface area contributed by atoms with E-state index in [0.29, 0.717) is 0 Å². The summed E-state index contributed by atoms with van der Waals surface area (Å²) >= 11 is 2.82. The molecule has 6 heteroatoms. The molecule has 18 heavy (non-hydrogen) atoms. The molecular weight excluding hydrogens is 313 g/mol. The van der Waals surface area contributed by atoms with Crippen molar-refractivity contribution in [2.75, 3.05) is 6.61 Å². The summed E-state index contributed by atoms with van der Waals surface area (Å²) in [6, 6.07) is 3.38. The van der Waals surface area contributed by atoms with Gasteiger partial charge in [-0.05, 0) is 26.0 Å². The van der Waals surface area contributed by atoms with Crippen molar-refractivity contribution in [2.24, 2.45) is 0 Å². The highest BCUT2D eigenvalue weighted by molar-refractivity contribution is 9.10. The summed E-state index contributed by atoms with van der Waals surface area (Å²) in [7, 11) is 0. The van der Waals surface area contributed by atoms with Gasteiger partial charge in [-0.2, -0.15) is 13.2 Å². The fraction of sp³-hybridized carbons (Fsp3) is 0.417. The maximum atomic E-state index is 12.6. The maximum Gasteiger partial charge on any atom is 0.417 e. The SMILES string of the molecule is CC(C)OCC(=O)c1ccc(Br)c(C(F)(F)F)c1. The van der Waals surface area contributed by atoms with Gasteiger partial charge >= 0.3 is 6.18 Å². The van der Waals surface area contributed by atoms with Gasteiger partial charge in [0.2, 0.25) is 0 Å². The topological polar surface area (TPSA) is 26.3 Å². The number of ether oxygens (including phenoxy) is 1. The number of hydrogen-bond donors (Lipinski definition) is 0. The Morgan fingerprint density at radius 1 is 1.39 bits per heavy atom. The van der Waals surface area contributed by atoms with E-state index in [2.05, 4.69) is 15.9 Å². The second-order valence-electron chi connectivity index (χ2n) is 3.98. The summed E-state index contributed by atoms with van der Waals surface area (Å²) in [5.74, 6) is -0.471. The van der Waals surface area contributed by atoms with Gasteiger partial charge in [0.1, 0.15) is 6.61 Å². The van der Waals surface area contributed by atoms with Crippen molar-refractivity contribution in [3.05, 3.63) is 33.8 Å². The van der Waals surface area contributed by atoms with E-state index in [9.17, 15) is 18.0 Å². The second-order valence-corrected chi connectivity index (χ2v) is 4.83. The summed E-state index contributed by atoms with van der Waals surface area (Å²) in [4.78, 5) is 11.6. The normalized spacial score (nSPS) is 11.9. The van der Waals surface area contributed by atoms with E-state index in [4.69, 9.17) is 4.74 Å². The van der Waals surface area contributed by atoms with Gasteiger partial charge in [0, 0.05) is 10.0 Å². The minimum atomic E-state index is -4.49. The van der Waals surface area contributed by atoms with Crippen molar-refractivity contribution in [2.45, 2.75) is 26.1 Å². The lowest BCUT2D eigenvalue weighted by atomic mass is 10.1. The lowest BCUT2D eigenvalue weighted by molar-refractivity contribution is -0.138. The number of ketones is 1. The Hall–Kier alpha value is -0.880. The Morgan fingerprint density at radius 2 is 2.00 bits per heavy atom. The monoisotopic (exact) mass is 324 g/mol. The van der Waals surface area contributed by atoms with Gasteiger partial charge in [-0.1, -0.05) is 22.0 Å². The highest BCUT2D eigenvalue weighted by Crippen LogP contribution is 2.35. The summed E-state index contributed by atoms with van der Waals surface area (Å²) in [6.45, 7) is 3.27. The Labute approximate surface area is 111 Å². The number of Topliss-reactive ketones (excluding diaryl/α,β-unsaturated/α-hetero) is 1. The van der Waals surface area contributed by atoms with Gasteiger partial charge in [-0.3, -0.25) is 4.79 Å². The Balaban J connectivity index is 2.95. The summed E-state index contributed by atoms with van der Waals surface area (Å²) < 4.78 is 42.9. The van der Waals surface area contributed by atoms with Crippen LogP contribution in [0.25, 0.3) is 0 Å². The van der Waals surface area contributed by atoms with Crippen molar-refractivity contribution < 1.29 is 22.7 Å². The highest BCUT2D eigenvalue weighted by atomic mass is 79.9. The zero-order valence-corrected chi connectivity index (χ0v) is 11.4. The van der Waals surface area contributed by atoms with E-state index in [0.717, 1.165) is 6.07 Å². The van der Waals surface area contributed by atoms with Crippen molar-refractivity contribution >= 4 is 21.7 Å². The van der Waals surface area contributed by atoms with E-state index in [1.54, 1.807) is 13.8 Å². The van der Waals surface area contributed by atoms with Crippen molar-refractivity contribution in [3.8, 4) is 0 Å². The zero-order valence-electron chi connectivity index (χ0n) is 9.84. The summed E-state index contributed by atoms with van der Waals surface area (Å²) in [5, 5.41) is 0. The third kappa shape index (κ3) is 4.10. The molecule has 1 aromatic rings. The van der Waals surface area contributed by atoms with Crippen molar-refractivity contribution in [3.63, 3.8) is 0 Å². The average molecular weight is 325 g/mol. The Morgan fingerprint density at radius 3 is 2.50 bits per heavy atom. The number of benzene rings is 1. The third-order valence-corrected chi connectivity index (χ3v) is 2.83. The first-order chi connectivity index (χ1) is 8.21. The molecule has 0 aromatic heterocycles. The number of hydrogen-bond acceptors (Lipinski definition) is 2. The summed E-state index contributed by atoms with van der Waals surface area (Å²) in [6.07, 6.45) is -4.64. The quantitative estimate of drug-likeness (QED) is 0.780. The van der Waals surface area contributed by atoms with Gasteiger partial charge in [-0.25, -0.2) is 0 Å². The molecular formula is C12H12BrF3O2. The molecule has 0 N–H and O–H groups in total. The second kappa shape index (κ2) is 5.84. The number of rotatable bonds is 4. The molecule has 100 valence electrons. The minimum absolute atomic E-state index is 0.00817. The van der Waals surface area contributed by atoms with E-state index in [1.165, 1.54) is 12.1 Å². The molecule has 0 radical (unpaired) electrons. The first-order valence-corrected chi connectivity index (χ1v) is 6.02. The lowest BCUT2D eigenvalue weighted by Gasteiger charge is -2.11. The minimum Gasteiger partial charge on any atom is -0.371 e. The van der Waals surface area contributed by atoms with E-state index in [-0.39, 0.29) is 22.7 Å². The van der Waals surface area contributed by atoms with Crippen LogP contribution in [0.5, 0.6) is 0 Å². The van der Waals surface area contributed by atoms with Crippen LogP contribution in [0.4, 0.5) is 13.2 Å². The predicted octanol–water partition coefficient (Wildman–Crippen LogP) is 4.08. The van der Waals surface area contributed by atoms with Gasteiger partial charge in [0.05, 0.1) is 11.7 Å². The maximum absolute atomic E-state index is 12.6. The van der Waals surface area contributed by atoms with Crippen LogP contribution in [0.1, 0.15) is 29.8 Å². The molecule has 0 heterocycles. The van der Waals surface area contributed by atoms with Crippen LogP contribution in [0.3, 0.4) is 0 Å². The zero-order chi connectivity index (χ0) is 13.9. The molecule has 0 amide bonds. The number of alkyl halides is 3. The fourth-order valence-electron chi connectivity index (χ4n) is 1.24. The first-order valence-electron chi connectivity index (χ1n) is 5.23. The van der Waals surface area contributed by atoms with Crippen LogP contribution in [-0.2, 0) is 10.9 Å². The number of halogens is 4. The van der Waals surface area contributed by atoms with Gasteiger partial charge in [0.15, 0.2) is 5.78 Å².